The van der Waals surface area contributed by atoms with E-state index < -0.39 is 16.9 Å². The van der Waals surface area contributed by atoms with E-state index in [-0.39, 0.29) is 23.9 Å². The number of halogens is 1. The molecule has 1 aromatic rings. The molecule has 1 N–H and O–H groups in total. The second-order valence-electron chi connectivity index (χ2n) is 3.77. The number of nitrogens with one attached hydrogen (secondary N) is 1. The summed E-state index contributed by atoms with van der Waals surface area (Å²) in [6, 6.07) is 3.37. The fraction of sp³-hybridized carbons (Fsp3) is 0.417. The molecule has 1 unspecified atom stereocenters. The maximum absolute atomic E-state index is 11.5. The van der Waals surface area contributed by atoms with E-state index >= 15 is 0 Å². The number of nitro benzene ring substituents is 1. The average molecular weight is 303 g/mol. The molecule has 20 heavy (non-hydrogen) atoms. The molecule has 0 aliphatic heterocycles. The summed E-state index contributed by atoms with van der Waals surface area (Å²) in [7, 11) is 1.60. The fourth-order valence-electron chi connectivity index (χ4n) is 1.42. The molecule has 0 bridgehead atoms. The molecule has 0 spiro atoms. The van der Waals surface area contributed by atoms with E-state index in [2.05, 4.69) is 5.32 Å². The normalized spacial score (nSPS) is 11.8. The number of nitrogens with zero attached hydrogens (tertiary/aromatic N) is 1. The number of carbonyl (C=O) groups excluding carboxylic acids is 1. The largest absolute Gasteiger partial charge is 0.491 e. The molecule has 0 fully saturated rings. The highest BCUT2D eigenvalue weighted by molar-refractivity contribution is 6.32. The Morgan fingerprint density at radius 3 is 2.75 bits per heavy atom. The molecule has 0 aliphatic rings. The first-order valence-electron chi connectivity index (χ1n) is 5.90. The van der Waals surface area contributed by atoms with Crippen molar-refractivity contribution in [3.05, 3.63) is 33.3 Å². The van der Waals surface area contributed by atoms with Gasteiger partial charge in [0.05, 0.1) is 11.5 Å². The Labute approximate surface area is 121 Å². The standard InChI is InChI=1S/C12H15ClN2O5/c1-3-19-12(16)10(14-2)7-20-8-4-5-11(15(17)18)9(13)6-8/h4-6,10,14H,3,7H2,1-2H3. The average Bonchev–Trinajstić information content (AvgIpc) is 2.39. The van der Waals surface area contributed by atoms with Gasteiger partial charge < -0.3 is 14.8 Å². The van der Waals surface area contributed by atoms with Crippen LogP contribution in [0.4, 0.5) is 5.69 Å². The van der Waals surface area contributed by atoms with Crippen LogP contribution in [-0.4, -0.2) is 37.2 Å². The van der Waals surface area contributed by atoms with Gasteiger partial charge in [-0.15, -0.1) is 0 Å². The lowest BCUT2D eigenvalue weighted by atomic mass is 10.3. The number of benzene rings is 1. The van der Waals surface area contributed by atoms with Crippen LogP contribution in [0.25, 0.3) is 0 Å². The van der Waals surface area contributed by atoms with Crippen molar-refractivity contribution in [3.8, 4) is 5.75 Å². The summed E-state index contributed by atoms with van der Waals surface area (Å²) in [5.74, 6) is -0.0897. The monoisotopic (exact) mass is 302 g/mol. The lowest BCUT2D eigenvalue weighted by Crippen LogP contribution is -2.40. The molecule has 8 heteroatoms. The molecule has 1 aromatic carbocycles. The molecular weight excluding hydrogens is 288 g/mol. The molecule has 1 rings (SSSR count). The van der Waals surface area contributed by atoms with Crippen molar-refractivity contribution < 1.29 is 19.2 Å². The summed E-state index contributed by atoms with van der Waals surface area (Å²) in [4.78, 5) is 21.6. The highest BCUT2D eigenvalue weighted by Crippen LogP contribution is 2.28. The lowest BCUT2D eigenvalue weighted by molar-refractivity contribution is -0.384. The summed E-state index contributed by atoms with van der Waals surface area (Å²) in [6.07, 6.45) is 0. The van der Waals surface area contributed by atoms with Crippen molar-refractivity contribution in [2.45, 2.75) is 13.0 Å². The van der Waals surface area contributed by atoms with Crippen LogP contribution in [0.5, 0.6) is 5.75 Å². The summed E-state index contributed by atoms with van der Waals surface area (Å²) in [5.41, 5.74) is -0.199. The molecule has 7 nitrogen and oxygen atoms in total. The molecule has 0 saturated carbocycles. The SMILES string of the molecule is CCOC(=O)C(COc1ccc([N+](=O)[O-])c(Cl)c1)NC. The Balaban J connectivity index is 2.67. The number of carbonyl (C=O) groups is 1. The lowest BCUT2D eigenvalue weighted by Gasteiger charge is -2.15. The quantitative estimate of drug-likeness (QED) is 0.469. The van der Waals surface area contributed by atoms with Crippen molar-refractivity contribution in [2.24, 2.45) is 0 Å². The molecule has 0 aromatic heterocycles. The van der Waals surface area contributed by atoms with E-state index in [0.717, 1.165) is 0 Å². The molecule has 0 heterocycles. The van der Waals surface area contributed by atoms with Gasteiger partial charge in [-0.05, 0) is 20.0 Å². The third-order valence-electron chi connectivity index (χ3n) is 2.45. The van der Waals surface area contributed by atoms with Crippen LogP contribution in [-0.2, 0) is 9.53 Å². The van der Waals surface area contributed by atoms with E-state index in [0.29, 0.717) is 5.75 Å². The number of hydrogen-bond acceptors (Lipinski definition) is 6. The fourth-order valence-corrected chi connectivity index (χ4v) is 1.66. The van der Waals surface area contributed by atoms with Gasteiger partial charge in [0.25, 0.3) is 5.69 Å². The third kappa shape index (κ3) is 4.36. The topological polar surface area (TPSA) is 90.7 Å². The second kappa shape index (κ2) is 7.66. The van der Waals surface area contributed by atoms with Gasteiger partial charge >= 0.3 is 5.97 Å². The van der Waals surface area contributed by atoms with Crippen LogP contribution in [0.3, 0.4) is 0 Å². The zero-order valence-corrected chi connectivity index (χ0v) is 11.8. The zero-order valence-electron chi connectivity index (χ0n) is 11.1. The minimum Gasteiger partial charge on any atom is -0.491 e. The number of esters is 1. The van der Waals surface area contributed by atoms with E-state index in [9.17, 15) is 14.9 Å². The van der Waals surface area contributed by atoms with Crippen molar-refractivity contribution >= 4 is 23.3 Å². The van der Waals surface area contributed by atoms with Crippen LogP contribution < -0.4 is 10.1 Å². The summed E-state index contributed by atoms with van der Waals surface area (Å²) >= 11 is 5.76. The molecule has 110 valence electrons. The summed E-state index contributed by atoms with van der Waals surface area (Å²) in [6.45, 7) is 2.02. The highest BCUT2D eigenvalue weighted by atomic mass is 35.5. The smallest absolute Gasteiger partial charge is 0.326 e. The van der Waals surface area contributed by atoms with E-state index in [1.807, 2.05) is 0 Å². The first kappa shape index (κ1) is 16.2. The first-order chi connectivity index (χ1) is 9.49. The Morgan fingerprint density at radius 2 is 2.25 bits per heavy atom. The number of likely N-dealkylation sites (N-methyl/N-ethyl adjacent to an activating group) is 1. The predicted octanol–water partition coefficient (Wildman–Crippen LogP) is 1.78. The van der Waals surface area contributed by atoms with Crippen LogP contribution in [0.1, 0.15) is 6.92 Å². The Bertz CT molecular complexity index is 495. The number of rotatable bonds is 7. The first-order valence-corrected chi connectivity index (χ1v) is 6.28. The van der Waals surface area contributed by atoms with Crippen LogP contribution >= 0.6 is 11.6 Å². The summed E-state index contributed by atoms with van der Waals surface area (Å²) in [5, 5.41) is 13.4. The van der Waals surface area contributed by atoms with Gasteiger partial charge in [-0.25, -0.2) is 0 Å². The molecular formula is C12H15ClN2O5. The molecule has 0 saturated heterocycles. The Hall–Kier alpha value is -1.86. The van der Waals surface area contributed by atoms with Gasteiger partial charge in [-0.3, -0.25) is 14.9 Å². The van der Waals surface area contributed by atoms with Gasteiger partial charge in [0, 0.05) is 12.1 Å². The minimum absolute atomic E-state index is 0.0235. The van der Waals surface area contributed by atoms with Crippen molar-refractivity contribution in [2.75, 3.05) is 20.3 Å². The van der Waals surface area contributed by atoms with E-state index in [1.54, 1.807) is 14.0 Å². The predicted molar refractivity (Wildman–Crippen MR) is 73.1 cm³/mol. The minimum atomic E-state index is -0.621. The number of hydrogen-bond donors (Lipinski definition) is 1. The van der Waals surface area contributed by atoms with Gasteiger partial charge in [-0.2, -0.15) is 0 Å². The van der Waals surface area contributed by atoms with Gasteiger partial charge in [0.15, 0.2) is 0 Å². The molecule has 0 radical (unpaired) electrons. The maximum Gasteiger partial charge on any atom is 0.326 e. The van der Waals surface area contributed by atoms with Crippen molar-refractivity contribution in [1.29, 1.82) is 0 Å². The number of nitro groups is 1. The van der Waals surface area contributed by atoms with E-state index in [1.165, 1.54) is 18.2 Å². The van der Waals surface area contributed by atoms with Crippen LogP contribution in [0, 0.1) is 10.1 Å². The van der Waals surface area contributed by atoms with Crippen molar-refractivity contribution in [1.82, 2.24) is 5.32 Å². The Kier molecular flexibility index (Phi) is 6.20. The van der Waals surface area contributed by atoms with Gasteiger partial charge in [0.1, 0.15) is 23.4 Å². The Morgan fingerprint density at radius 1 is 1.55 bits per heavy atom. The van der Waals surface area contributed by atoms with Crippen molar-refractivity contribution in [3.63, 3.8) is 0 Å². The molecule has 1 atom stereocenters. The van der Waals surface area contributed by atoms with Crippen LogP contribution in [0.2, 0.25) is 5.02 Å². The number of ether oxygens (including phenoxy) is 2. The molecule has 0 amide bonds. The van der Waals surface area contributed by atoms with E-state index in [4.69, 9.17) is 21.1 Å². The highest BCUT2D eigenvalue weighted by Gasteiger charge is 2.19. The third-order valence-corrected chi connectivity index (χ3v) is 2.75. The zero-order chi connectivity index (χ0) is 15.1. The molecule has 0 aliphatic carbocycles. The summed E-state index contributed by atoms with van der Waals surface area (Å²) < 4.78 is 10.2. The van der Waals surface area contributed by atoms with Gasteiger partial charge in [-0.1, -0.05) is 11.6 Å². The second-order valence-corrected chi connectivity index (χ2v) is 4.18. The maximum atomic E-state index is 11.5. The van der Waals surface area contributed by atoms with Crippen LogP contribution in [0.15, 0.2) is 18.2 Å². The van der Waals surface area contributed by atoms with Gasteiger partial charge in [0.2, 0.25) is 0 Å².